The molecule has 0 saturated carbocycles. The molecule has 2 aromatic carbocycles. The number of phenolic OH excluding ortho intramolecular Hbond substituents is 1. The SMILES string of the molecule is CC(C)N(CCC(c1ccccc1)c1cc(CCO)ccc1O)C(C)C.Cl. The molecule has 0 aliphatic rings. The quantitative estimate of drug-likeness (QED) is 0.632. The minimum atomic E-state index is 0. The van der Waals surface area contributed by atoms with E-state index < -0.39 is 0 Å². The van der Waals surface area contributed by atoms with Gasteiger partial charge in [-0.1, -0.05) is 42.5 Å². The molecule has 0 heterocycles. The predicted octanol–water partition coefficient (Wildman–Crippen LogP) is 4.99. The van der Waals surface area contributed by atoms with E-state index in [9.17, 15) is 10.2 Å². The van der Waals surface area contributed by atoms with Crippen molar-refractivity contribution in [3.63, 3.8) is 0 Å². The van der Waals surface area contributed by atoms with Crippen molar-refractivity contribution in [2.75, 3.05) is 13.2 Å². The van der Waals surface area contributed by atoms with Crippen molar-refractivity contribution in [1.82, 2.24) is 4.90 Å². The highest BCUT2D eigenvalue weighted by atomic mass is 35.5. The first-order valence-corrected chi connectivity index (χ1v) is 9.67. The third-order valence-corrected chi connectivity index (χ3v) is 5.07. The monoisotopic (exact) mass is 391 g/mol. The van der Waals surface area contributed by atoms with Crippen LogP contribution in [0, 0.1) is 0 Å². The lowest BCUT2D eigenvalue weighted by Crippen LogP contribution is -2.38. The van der Waals surface area contributed by atoms with Crippen LogP contribution in [0.1, 0.15) is 56.7 Å². The van der Waals surface area contributed by atoms with Crippen LogP contribution in [0.3, 0.4) is 0 Å². The molecule has 0 fully saturated rings. The van der Waals surface area contributed by atoms with Crippen molar-refractivity contribution < 1.29 is 10.2 Å². The Labute approximate surface area is 170 Å². The predicted molar refractivity (Wildman–Crippen MR) is 116 cm³/mol. The van der Waals surface area contributed by atoms with Gasteiger partial charge >= 0.3 is 0 Å². The third-order valence-electron chi connectivity index (χ3n) is 5.07. The Morgan fingerprint density at radius 1 is 0.926 bits per heavy atom. The molecular formula is C23H34ClNO2. The van der Waals surface area contributed by atoms with E-state index in [1.807, 2.05) is 12.1 Å². The fourth-order valence-corrected chi connectivity index (χ4v) is 3.75. The first-order valence-electron chi connectivity index (χ1n) is 9.67. The van der Waals surface area contributed by atoms with Crippen LogP contribution in [0.2, 0.25) is 0 Å². The maximum absolute atomic E-state index is 10.5. The number of hydrogen-bond acceptors (Lipinski definition) is 3. The van der Waals surface area contributed by atoms with Gasteiger partial charge in [0.2, 0.25) is 0 Å². The summed E-state index contributed by atoms with van der Waals surface area (Å²) in [5.74, 6) is 0.469. The summed E-state index contributed by atoms with van der Waals surface area (Å²) in [6.45, 7) is 10.0. The number of benzene rings is 2. The van der Waals surface area contributed by atoms with Gasteiger partial charge in [-0.15, -0.1) is 12.4 Å². The molecule has 0 aliphatic heterocycles. The zero-order valence-corrected chi connectivity index (χ0v) is 17.7. The zero-order valence-electron chi connectivity index (χ0n) is 16.9. The molecule has 0 saturated heterocycles. The summed E-state index contributed by atoms with van der Waals surface area (Å²) in [7, 11) is 0. The maximum atomic E-state index is 10.5. The van der Waals surface area contributed by atoms with Crippen molar-refractivity contribution in [3.05, 3.63) is 65.2 Å². The molecule has 0 aromatic heterocycles. The van der Waals surface area contributed by atoms with Gasteiger partial charge in [-0.3, -0.25) is 4.90 Å². The van der Waals surface area contributed by atoms with Crippen LogP contribution in [0.5, 0.6) is 5.75 Å². The molecule has 1 unspecified atom stereocenters. The molecule has 0 radical (unpaired) electrons. The van der Waals surface area contributed by atoms with Crippen LogP contribution in [0.15, 0.2) is 48.5 Å². The second-order valence-corrected chi connectivity index (χ2v) is 7.54. The van der Waals surface area contributed by atoms with Gasteiger partial charge < -0.3 is 10.2 Å². The highest BCUT2D eigenvalue weighted by molar-refractivity contribution is 5.85. The van der Waals surface area contributed by atoms with Crippen LogP contribution in [-0.2, 0) is 6.42 Å². The topological polar surface area (TPSA) is 43.7 Å². The third kappa shape index (κ3) is 6.53. The number of aliphatic hydroxyl groups is 1. The minimum Gasteiger partial charge on any atom is -0.508 e. The molecule has 4 heteroatoms. The molecule has 2 N–H and O–H groups in total. The number of aromatic hydroxyl groups is 1. The van der Waals surface area contributed by atoms with Gasteiger partial charge in [0, 0.05) is 30.2 Å². The molecular weight excluding hydrogens is 358 g/mol. The van der Waals surface area contributed by atoms with Gasteiger partial charge in [0.05, 0.1) is 0 Å². The fourth-order valence-electron chi connectivity index (χ4n) is 3.75. The van der Waals surface area contributed by atoms with Crippen molar-refractivity contribution in [1.29, 1.82) is 0 Å². The Hall–Kier alpha value is -1.55. The molecule has 3 nitrogen and oxygen atoms in total. The second kappa shape index (κ2) is 11.3. The molecule has 2 aromatic rings. The van der Waals surface area contributed by atoms with Crippen molar-refractivity contribution >= 4 is 12.4 Å². The van der Waals surface area contributed by atoms with Gasteiger partial charge in [-0.2, -0.15) is 0 Å². The Balaban J connectivity index is 0.00000364. The standard InChI is InChI=1S/C23H33NO2.ClH/c1-17(2)24(18(3)4)14-12-21(20-8-6-5-7-9-20)22-16-19(13-15-25)10-11-23(22)26;/h5-11,16-18,21,25-26H,12-15H2,1-4H3;1H. The molecule has 0 amide bonds. The molecule has 1 atom stereocenters. The fraction of sp³-hybridized carbons (Fsp3) is 0.478. The molecule has 0 bridgehead atoms. The van der Waals surface area contributed by atoms with E-state index >= 15 is 0 Å². The number of nitrogens with zero attached hydrogens (tertiary/aromatic N) is 1. The van der Waals surface area contributed by atoms with Crippen molar-refractivity contribution in [3.8, 4) is 5.75 Å². The van der Waals surface area contributed by atoms with Crippen LogP contribution in [-0.4, -0.2) is 40.3 Å². The Morgan fingerprint density at radius 2 is 1.56 bits per heavy atom. The second-order valence-electron chi connectivity index (χ2n) is 7.54. The number of halogens is 1. The van der Waals surface area contributed by atoms with E-state index in [-0.39, 0.29) is 24.9 Å². The van der Waals surface area contributed by atoms with Gasteiger partial charge in [-0.05, 0) is 64.3 Å². The number of phenols is 1. The summed E-state index contributed by atoms with van der Waals surface area (Å²) in [4.78, 5) is 2.49. The van der Waals surface area contributed by atoms with Gasteiger partial charge in [0.25, 0.3) is 0 Å². The summed E-state index contributed by atoms with van der Waals surface area (Å²) in [5.41, 5.74) is 3.23. The van der Waals surface area contributed by atoms with E-state index in [2.05, 4.69) is 62.9 Å². The summed E-state index contributed by atoms with van der Waals surface area (Å²) >= 11 is 0. The summed E-state index contributed by atoms with van der Waals surface area (Å²) in [6.07, 6.45) is 1.55. The summed E-state index contributed by atoms with van der Waals surface area (Å²) < 4.78 is 0. The Morgan fingerprint density at radius 3 is 2.11 bits per heavy atom. The Bertz CT molecular complexity index is 665. The van der Waals surface area contributed by atoms with E-state index in [0.29, 0.717) is 24.3 Å². The van der Waals surface area contributed by atoms with E-state index in [1.165, 1.54) is 5.56 Å². The number of hydrogen-bond donors (Lipinski definition) is 2. The Kier molecular flexibility index (Phi) is 9.86. The maximum Gasteiger partial charge on any atom is 0.119 e. The highest BCUT2D eigenvalue weighted by Crippen LogP contribution is 2.35. The first-order chi connectivity index (χ1) is 12.4. The van der Waals surface area contributed by atoms with Gasteiger partial charge in [-0.25, -0.2) is 0 Å². The molecule has 27 heavy (non-hydrogen) atoms. The van der Waals surface area contributed by atoms with Crippen molar-refractivity contribution in [2.24, 2.45) is 0 Å². The van der Waals surface area contributed by atoms with Gasteiger partial charge in [0.15, 0.2) is 0 Å². The van der Waals surface area contributed by atoms with Crippen LogP contribution < -0.4 is 0 Å². The van der Waals surface area contributed by atoms with Gasteiger partial charge in [0.1, 0.15) is 5.75 Å². The normalized spacial score (nSPS) is 12.4. The summed E-state index contributed by atoms with van der Waals surface area (Å²) in [6, 6.07) is 17.1. The average molecular weight is 392 g/mol. The highest BCUT2D eigenvalue weighted by Gasteiger charge is 2.21. The largest absolute Gasteiger partial charge is 0.508 e. The molecule has 150 valence electrons. The number of aliphatic hydroxyl groups excluding tert-OH is 1. The smallest absolute Gasteiger partial charge is 0.119 e. The van der Waals surface area contributed by atoms with Crippen molar-refractivity contribution in [2.45, 2.75) is 58.5 Å². The molecule has 0 aliphatic carbocycles. The lowest BCUT2D eigenvalue weighted by Gasteiger charge is -2.32. The molecule has 2 rings (SSSR count). The lowest BCUT2D eigenvalue weighted by atomic mass is 9.86. The van der Waals surface area contributed by atoms with E-state index in [1.54, 1.807) is 6.07 Å². The molecule has 0 spiro atoms. The van der Waals surface area contributed by atoms with Crippen LogP contribution in [0.4, 0.5) is 0 Å². The average Bonchev–Trinajstić information content (AvgIpc) is 2.61. The number of rotatable bonds is 9. The van der Waals surface area contributed by atoms with Crippen LogP contribution in [0.25, 0.3) is 0 Å². The zero-order chi connectivity index (χ0) is 19.1. The summed E-state index contributed by atoms with van der Waals surface area (Å²) in [5, 5.41) is 19.8. The first kappa shape index (κ1) is 23.5. The van der Waals surface area contributed by atoms with Crippen LogP contribution >= 0.6 is 12.4 Å². The minimum absolute atomic E-state index is 0. The van der Waals surface area contributed by atoms with E-state index in [4.69, 9.17) is 0 Å². The lowest BCUT2D eigenvalue weighted by molar-refractivity contribution is 0.170. The van der Waals surface area contributed by atoms with E-state index in [0.717, 1.165) is 24.1 Å².